The molecule has 0 saturated carbocycles. The SMILES string of the molecule is CCCn1c(=O)c2ncccc2n2ccnc12. The van der Waals surface area contributed by atoms with Crippen LogP contribution in [-0.2, 0) is 6.54 Å². The summed E-state index contributed by atoms with van der Waals surface area (Å²) in [5.74, 6) is 0.678. The molecule has 0 amide bonds. The molecule has 0 unspecified atom stereocenters. The predicted molar refractivity (Wildman–Crippen MR) is 65.0 cm³/mol. The summed E-state index contributed by atoms with van der Waals surface area (Å²) in [6.45, 7) is 2.69. The van der Waals surface area contributed by atoms with Crippen molar-refractivity contribution in [3.05, 3.63) is 41.1 Å². The Morgan fingerprint density at radius 1 is 1.29 bits per heavy atom. The summed E-state index contributed by atoms with van der Waals surface area (Å²) in [5, 5.41) is 0. The van der Waals surface area contributed by atoms with Gasteiger partial charge in [-0.25, -0.2) is 9.97 Å². The van der Waals surface area contributed by atoms with Gasteiger partial charge in [0.15, 0.2) is 5.52 Å². The summed E-state index contributed by atoms with van der Waals surface area (Å²) in [7, 11) is 0. The summed E-state index contributed by atoms with van der Waals surface area (Å²) in [6.07, 6.45) is 6.09. The van der Waals surface area contributed by atoms with Crippen molar-refractivity contribution in [2.45, 2.75) is 19.9 Å². The highest BCUT2D eigenvalue weighted by atomic mass is 16.1. The number of imidazole rings is 1. The minimum Gasteiger partial charge on any atom is -0.283 e. The first-order valence-corrected chi connectivity index (χ1v) is 5.63. The van der Waals surface area contributed by atoms with Crippen molar-refractivity contribution in [1.29, 1.82) is 0 Å². The van der Waals surface area contributed by atoms with Crippen LogP contribution in [0.25, 0.3) is 16.8 Å². The van der Waals surface area contributed by atoms with Crippen molar-refractivity contribution < 1.29 is 0 Å². The van der Waals surface area contributed by atoms with Gasteiger partial charge < -0.3 is 0 Å². The molecule has 0 aromatic carbocycles. The molecule has 3 rings (SSSR count). The molecule has 0 aliphatic heterocycles. The van der Waals surface area contributed by atoms with Gasteiger partial charge in [-0.1, -0.05) is 6.92 Å². The van der Waals surface area contributed by atoms with E-state index in [1.807, 2.05) is 29.7 Å². The molecule has 3 heterocycles. The third kappa shape index (κ3) is 1.35. The first-order valence-electron chi connectivity index (χ1n) is 5.63. The maximum Gasteiger partial charge on any atom is 0.281 e. The normalized spacial score (nSPS) is 11.4. The van der Waals surface area contributed by atoms with Crippen molar-refractivity contribution in [3.63, 3.8) is 0 Å². The van der Waals surface area contributed by atoms with Crippen LogP contribution in [0.5, 0.6) is 0 Å². The summed E-state index contributed by atoms with van der Waals surface area (Å²) in [4.78, 5) is 20.7. The van der Waals surface area contributed by atoms with Crippen molar-refractivity contribution in [2.24, 2.45) is 0 Å². The molecule has 0 aliphatic carbocycles. The van der Waals surface area contributed by atoms with E-state index in [-0.39, 0.29) is 5.56 Å². The Balaban J connectivity index is 2.56. The maximum absolute atomic E-state index is 12.3. The van der Waals surface area contributed by atoms with Crippen molar-refractivity contribution in [2.75, 3.05) is 0 Å². The first-order chi connectivity index (χ1) is 8.33. The van der Waals surface area contributed by atoms with Crippen molar-refractivity contribution in [1.82, 2.24) is 18.9 Å². The second-order valence-electron chi connectivity index (χ2n) is 3.93. The lowest BCUT2D eigenvalue weighted by Crippen LogP contribution is -2.23. The van der Waals surface area contributed by atoms with Gasteiger partial charge in [-0.3, -0.25) is 13.8 Å². The maximum atomic E-state index is 12.3. The highest BCUT2D eigenvalue weighted by Crippen LogP contribution is 2.10. The second-order valence-corrected chi connectivity index (χ2v) is 3.93. The zero-order valence-electron chi connectivity index (χ0n) is 9.50. The molecule has 86 valence electrons. The lowest BCUT2D eigenvalue weighted by atomic mass is 10.3. The fourth-order valence-electron chi connectivity index (χ4n) is 2.08. The van der Waals surface area contributed by atoms with Crippen LogP contribution < -0.4 is 5.56 Å². The molecular formula is C12H12N4O. The third-order valence-corrected chi connectivity index (χ3v) is 2.80. The molecule has 17 heavy (non-hydrogen) atoms. The molecule has 0 saturated heterocycles. The zero-order valence-corrected chi connectivity index (χ0v) is 9.50. The zero-order chi connectivity index (χ0) is 11.8. The highest BCUT2D eigenvalue weighted by Gasteiger charge is 2.10. The van der Waals surface area contributed by atoms with E-state index < -0.39 is 0 Å². The fourth-order valence-corrected chi connectivity index (χ4v) is 2.08. The Hall–Kier alpha value is -2.17. The molecular weight excluding hydrogens is 216 g/mol. The molecule has 5 nitrogen and oxygen atoms in total. The predicted octanol–water partition coefficient (Wildman–Crippen LogP) is 1.45. The van der Waals surface area contributed by atoms with Gasteiger partial charge in [0, 0.05) is 25.1 Å². The van der Waals surface area contributed by atoms with Gasteiger partial charge in [0.1, 0.15) is 0 Å². The lowest BCUT2D eigenvalue weighted by Gasteiger charge is -2.08. The van der Waals surface area contributed by atoms with Gasteiger partial charge in [-0.2, -0.15) is 0 Å². The van der Waals surface area contributed by atoms with Crippen LogP contribution in [0.2, 0.25) is 0 Å². The summed E-state index contributed by atoms with van der Waals surface area (Å²) < 4.78 is 3.58. The van der Waals surface area contributed by atoms with Crippen LogP contribution in [0, 0.1) is 0 Å². The van der Waals surface area contributed by atoms with Crippen molar-refractivity contribution in [3.8, 4) is 0 Å². The van der Waals surface area contributed by atoms with E-state index >= 15 is 0 Å². The topological polar surface area (TPSA) is 52.2 Å². The Bertz CT molecular complexity index is 741. The Morgan fingerprint density at radius 2 is 2.18 bits per heavy atom. The molecule has 0 spiro atoms. The second kappa shape index (κ2) is 3.69. The van der Waals surface area contributed by atoms with Crippen LogP contribution >= 0.6 is 0 Å². The molecule has 0 aliphatic rings. The number of aromatic nitrogens is 4. The first kappa shape index (κ1) is 10.0. The van der Waals surface area contributed by atoms with Gasteiger partial charge in [0.25, 0.3) is 5.56 Å². The van der Waals surface area contributed by atoms with Gasteiger partial charge in [-0.05, 0) is 18.6 Å². The Kier molecular flexibility index (Phi) is 2.18. The van der Waals surface area contributed by atoms with E-state index in [1.165, 1.54) is 0 Å². The third-order valence-electron chi connectivity index (χ3n) is 2.80. The van der Waals surface area contributed by atoms with E-state index in [2.05, 4.69) is 9.97 Å². The smallest absolute Gasteiger partial charge is 0.281 e. The fraction of sp³-hybridized carbons (Fsp3) is 0.250. The van der Waals surface area contributed by atoms with Crippen LogP contribution in [0.3, 0.4) is 0 Å². The van der Waals surface area contributed by atoms with Crippen LogP contribution in [0.4, 0.5) is 0 Å². The van der Waals surface area contributed by atoms with E-state index in [1.54, 1.807) is 17.0 Å². The average Bonchev–Trinajstić information content (AvgIpc) is 2.84. The van der Waals surface area contributed by atoms with Gasteiger partial charge in [-0.15, -0.1) is 0 Å². The average molecular weight is 228 g/mol. The molecule has 0 fully saturated rings. The number of fused-ring (bicyclic) bond motifs is 3. The minimum atomic E-state index is -0.0684. The number of pyridine rings is 1. The van der Waals surface area contributed by atoms with Crippen LogP contribution in [0.1, 0.15) is 13.3 Å². The molecule has 0 N–H and O–H groups in total. The van der Waals surface area contributed by atoms with E-state index in [9.17, 15) is 4.79 Å². The number of nitrogens with zero attached hydrogens (tertiary/aromatic N) is 4. The number of hydrogen-bond acceptors (Lipinski definition) is 3. The van der Waals surface area contributed by atoms with Crippen molar-refractivity contribution >= 4 is 16.8 Å². The van der Waals surface area contributed by atoms with Gasteiger partial charge in [0.2, 0.25) is 5.78 Å². The molecule has 3 aromatic heterocycles. The standard InChI is InChI=1S/C12H12N4O/c1-2-7-16-11(17)10-9(4-3-5-13-10)15-8-6-14-12(15)16/h3-6,8H,2,7H2,1H3. The lowest BCUT2D eigenvalue weighted by molar-refractivity contribution is 0.663. The Morgan fingerprint density at radius 3 is 3.00 bits per heavy atom. The molecule has 0 bridgehead atoms. The van der Waals surface area contributed by atoms with Gasteiger partial charge in [0.05, 0.1) is 5.52 Å². The van der Waals surface area contributed by atoms with E-state index in [4.69, 9.17) is 0 Å². The molecule has 5 heteroatoms. The van der Waals surface area contributed by atoms with Gasteiger partial charge >= 0.3 is 0 Å². The van der Waals surface area contributed by atoms with Crippen LogP contribution in [-0.4, -0.2) is 18.9 Å². The monoisotopic (exact) mass is 228 g/mol. The van der Waals surface area contributed by atoms with E-state index in [0.717, 1.165) is 11.9 Å². The summed E-state index contributed by atoms with van der Waals surface area (Å²) in [6, 6.07) is 3.71. The number of rotatable bonds is 2. The number of hydrogen-bond donors (Lipinski definition) is 0. The van der Waals surface area contributed by atoms with Crippen LogP contribution in [0.15, 0.2) is 35.5 Å². The number of aryl methyl sites for hydroxylation is 1. The minimum absolute atomic E-state index is 0.0684. The molecule has 0 atom stereocenters. The molecule has 0 radical (unpaired) electrons. The highest BCUT2D eigenvalue weighted by molar-refractivity contribution is 5.75. The summed E-state index contributed by atoms with van der Waals surface area (Å²) in [5.41, 5.74) is 1.23. The largest absolute Gasteiger partial charge is 0.283 e. The quantitative estimate of drug-likeness (QED) is 0.667. The summed E-state index contributed by atoms with van der Waals surface area (Å²) >= 11 is 0. The molecule has 3 aromatic rings. The Labute approximate surface area is 97.4 Å². The van der Waals surface area contributed by atoms with E-state index in [0.29, 0.717) is 17.8 Å².